The molecule has 1 aromatic carbocycles. The van der Waals surface area contributed by atoms with E-state index in [1.807, 2.05) is 30.1 Å². The van der Waals surface area contributed by atoms with Gasteiger partial charge in [-0.2, -0.15) is 0 Å². The number of ether oxygens (including phenoxy) is 3. The van der Waals surface area contributed by atoms with Crippen molar-refractivity contribution in [2.75, 3.05) is 47.1 Å². The Morgan fingerprint density at radius 3 is 2.69 bits per heavy atom. The molecule has 26 heavy (non-hydrogen) atoms. The predicted octanol–water partition coefficient (Wildman–Crippen LogP) is 2.63. The summed E-state index contributed by atoms with van der Waals surface area (Å²) in [5.74, 6) is 1.83. The van der Waals surface area contributed by atoms with Gasteiger partial charge in [-0.1, -0.05) is 19.9 Å². The smallest absolute Gasteiger partial charge is 0.234 e. The van der Waals surface area contributed by atoms with Crippen LogP contribution < -0.4 is 14.8 Å². The van der Waals surface area contributed by atoms with E-state index >= 15 is 0 Å². The van der Waals surface area contributed by atoms with Gasteiger partial charge in [0.1, 0.15) is 0 Å². The lowest BCUT2D eigenvalue weighted by Crippen LogP contribution is -2.39. The third-order valence-corrected chi connectivity index (χ3v) is 4.42. The highest BCUT2D eigenvalue weighted by Crippen LogP contribution is 2.34. The number of carbonyl (C=O) groups excluding carboxylic acids is 1. The van der Waals surface area contributed by atoms with E-state index in [9.17, 15) is 4.79 Å². The van der Waals surface area contributed by atoms with Crippen molar-refractivity contribution in [1.82, 2.24) is 10.2 Å². The molecule has 0 spiro atoms. The maximum absolute atomic E-state index is 12.5. The maximum Gasteiger partial charge on any atom is 0.234 e. The number of fused-ring (bicyclic) bond motifs is 1. The molecule has 1 heterocycles. The summed E-state index contributed by atoms with van der Waals surface area (Å²) in [6, 6.07) is 5.88. The average Bonchev–Trinajstić information content (AvgIpc) is 2.84. The molecule has 1 amide bonds. The Labute approximate surface area is 156 Å². The summed E-state index contributed by atoms with van der Waals surface area (Å²) in [5.41, 5.74) is 1.04. The fraction of sp³-hybridized carbons (Fsp3) is 0.650. The molecule has 1 atom stereocenters. The van der Waals surface area contributed by atoms with Crippen molar-refractivity contribution >= 4 is 5.91 Å². The van der Waals surface area contributed by atoms with Gasteiger partial charge in [-0.05, 0) is 37.1 Å². The van der Waals surface area contributed by atoms with Crippen molar-refractivity contribution in [1.29, 1.82) is 0 Å². The van der Waals surface area contributed by atoms with Crippen LogP contribution in [-0.2, 0) is 9.53 Å². The molecular formula is C20H32N2O4. The van der Waals surface area contributed by atoms with Crippen LogP contribution in [-0.4, -0.2) is 57.9 Å². The minimum atomic E-state index is -0.0629. The first-order valence-corrected chi connectivity index (χ1v) is 9.37. The molecule has 6 heteroatoms. The summed E-state index contributed by atoms with van der Waals surface area (Å²) >= 11 is 0. The van der Waals surface area contributed by atoms with E-state index in [1.54, 1.807) is 7.11 Å². The van der Waals surface area contributed by atoms with Crippen molar-refractivity contribution in [3.63, 3.8) is 0 Å². The Bertz CT molecular complexity index is 577. The topological polar surface area (TPSA) is 60.0 Å². The van der Waals surface area contributed by atoms with Crippen LogP contribution in [0.3, 0.4) is 0 Å². The van der Waals surface area contributed by atoms with Gasteiger partial charge >= 0.3 is 0 Å². The quantitative estimate of drug-likeness (QED) is 0.683. The zero-order valence-corrected chi connectivity index (χ0v) is 16.4. The molecule has 0 bridgehead atoms. The van der Waals surface area contributed by atoms with E-state index in [2.05, 4.69) is 19.2 Å². The molecular weight excluding hydrogens is 332 g/mol. The van der Waals surface area contributed by atoms with E-state index in [0.29, 0.717) is 26.4 Å². The Balaban J connectivity index is 2.00. The number of methoxy groups -OCH3 is 1. The molecule has 0 saturated heterocycles. The van der Waals surface area contributed by atoms with Crippen molar-refractivity contribution in [2.24, 2.45) is 5.92 Å². The molecule has 1 aliphatic heterocycles. The Hall–Kier alpha value is -1.79. The van der Waals surface area contributed by atoms with Gasteiger partial charge < -0.3 is 19.5 Å². The first-order valence-electron chi connectivity index (χ1n) is 9.37. The monoisotopic (exact) mass is 364 g/mol. The van der Waals surface area contributed by atoms with E-state index in [1.165, 1.54) is 0 Å². The third-order valence-electron chi connectivity index (χ3n) is 4.42. The second-order valence-electron chi connectivity index (χ2n) is 7.13. The first-order chi connectivity index (χ1) is 12.5. The van der Waals surface area contributed by atoms with Crippen molar-refractivity contribution in [3.8, 4) is 11.5 Å². The Morgan fingerprint density at radius 2 is 2.00 bits per heavy atom. The van der Waals surface area contributed by atoms with Gasteiger partial charge in [0.05, 0.1) is 25.8 Å². The number of likely N-dealkylation sites (N-methyl/N-ethyl adjacent to an activating group) is 1. The highest BCUT2D eigenvalue weighted by Gasteiger charge is 2.21. The molecule has 1 unspecified atom stereocenters. The third kappa shape index (κ3) is 6.18. The van der Waals surface area contributed by atoms with E-state index < -0.39 is 0 Å². The van der Waals surface area contributed by atoms with Gasteiger partial charge in [0.2, 0.25) is 5.91 Å². The molecule has 0 aliphatic carbocycles. The zero-order chi connectivity index (χ0) is 18.9. The van der Waals surface area contributed by atoms with E-state index in [-0.39, 0.29) is 17.9 Å². The largest absolute Gasteiger partial charge is 0.490 e. The fourth-order valence-corrected chi connectivity index (χ4v) is 3.03. The van der Waals surface area contributed by atoms with Crippen LogP contribution in [0, 0.1) is 5.92 Å². The summed E-state index contributed by atoms with van der Waals surface area (Å²) < 4.78 is 16.5. The molecule has 1 aliphatic rings. The number of carbonyl (C=O) groups is 1. The van der Waals surface area contributed by atoms with Crippen LogP contribution in [0.25, 0.3) is 0 Å². The number of nitrogens with one attached hydrogen (secondary N) is 1. The summed E-state index contributed by atoms with van der Waals surface area (Å²) in [4.78, 5) is 14.5. The molecule has 0 fully saturated rings. The first kappa shape index (κ1) is 20.5. The number of amides is 1. The second-order valence-corrected chi connectivity index (χ2v) is 7.13. The summed E-state index contributed by atoms with van der Waals surface area (Å²) in [6.07, 6.45) is 1.79. The number of benzene rings is 1. The van der Waals surface area contributed by atoms with Crippen LogP contribution in [0.4, 0.5) is 0 Å². The fourth-order valence-electron chi connectivity index (χ4n) is 3.03. The molecule has 1 aromatic rings. The molecule has 146 valence electrons. The molecule has 0 saturated carbocycles. The second kappa shape index (κ2) is 10.4. The molecule has 2 rings (SSSR count). The summed E-state index contributed by atoms with van der Waals surface area (Å²) in [7, 11) is 3.64. The predicted molar refractivity (Wildman–Crippen MR) is 102 cm³/mol. The highest BCUT2D eigenvalue weighted by atomic mass is 16.5. The van der Waals surface area contributed by atoms with Crippen molar-refractivity contribution in [3.05, 3.63) is 23.8 Å². The summed E-state index contributed by atoms with van der Waals surface area (Å²) in [6.45, 7) is 7.45. The van der Waals surface area contributed by atoms with Crippen molar-refractivity contribution < 1.29 is 19.0 Å². The van der Waals surface area contributed by atoms with Gasteiger partial charge in [-0.15, -0.1) is 0 Å². The van der Waals surface area contributed by atoms with Gasteiger partial charge in [-0.25, -0.2) is 0 Å². The van der Waals surface area contributed by atoms with Gasteiger partial charge in [-0.3, -0.25) is 9.69 Å². The van der Waals surface area contributed by atoms with Gasteiger partial charge in [0, 0.05) is 26.7 Å². The number of hydrogen-bond acceptors (Lipinski definition) is 5. The summed E-state index contributed by atoms with van der Waals surface area (Å²) in [5, 5.41) is 3.17. The van der Waals surface area contributed by atoms with Crippen LogP contribution in [0.2, 0.25) is 0 Å². The highest BCUT2D eigenvalue weighted by molar-refractivity contribution is 5.78. The van der Waals surface area contributed by atoms with E-state index in [0.717, 1.165) is 36.4 Å². The van der Waals surface area contributed by atoms with Gasteiger partial charge in [0.25, 0.3) is 0 Å². The lowest BCUT2D eigenvalue weighted by Gasteiger charge is -2.25. The minimum Gasteiger partial charge on any atom is -0.490 e. The standard InChI is InChI=1S/C20H32N2O4/c1-15(2)20(21-19(23)14-22(3)9-5-10-24-4)16-7-8-17-18(13-16)26-12-6-11-25-17/h7-8,13,15,20H,5-6,9-12,14H2,1-4H3,(H,21,23). The normalized spacial score (nSPS) is 15.0. The van der Waals surface area contributed by atoms with Gasteiger partial charge in [0.15, 0.2) is 11.5 Å². The molecule has 0 radical (unpaired) electrons. The lowest BCUT2D eigenvalue weighted by molar-refractivity contribution is -0.123. The van der Waals surface area contributed by atoms with Crippen LogP contribution in [0.5, 0.6) is 11.5 Å². The van der Waals surface area contributed by atoms with Crippen LogP contribution in [0.1, 0.15) is 38.3 Å². The average molecular weight is 364 g/mol. The Kier molecular flexibility index (Phi) is 8.19. The number of nitrogens with zero attached hydrogens (tertiary/aromatic N) is 1. The van der Waals surface area contributed by atoms with Crippen molar-refractivity contribution in [2.45, 2.75) is 32.7 Å². The van der Waals surface area contributed by atoms with E-state index in [4.69, 9.17) is 14.2 Å². The molecule has 1 N–H and O–H groups in total. The van der Waals surface area contributed by atoms with Crippen LogP contribution in [0.15, 0.2) is 18.2 Å². The lowest BCUT2D eigenvalue weighted by atomic mass is 9.95. The Morgan fingerprint density at radius 1 is 1.27 bits per heavy atom. The SMILES string of the molecule is COCCCN(C)CC(=O)NC(c1ccc2c(c1)OCCCO2)C(C)C. The number of rotatable bonds is 9. The maximum atomic E-state index is 12.5. The van der Waals surface area contributed by atoms with Crippen LogP contribution >= 0.6 is 0 Å². The minimum absolute atomic E-state index is 0.0238. The zero-order valence-electron chi connectivity index (χ0n) is 16.4. The molecule has 0 aromatic heterocycles. The number of hydrogen-bond donors (Lipinski definition) is 1. The molecule has 6 nitrogen and oxygen atoms in total.